The minimum atomic E-state index is -0.485. The number of carbonyl (C=O) groups is 1. The summed E-state index contributed by atoms with van der Waals surface area (Å²) < 4.78 is 0. The maximum atomic E-state index is 12.6. The monoisotopic (exact) mass is 292 g/mol. The van der Waals surface area contributed by atoms with Gasteiger partial charge in [-0.3, -0.25) is 14.9 Å². The van der Waals surface area contributed by atoms with Crippen LogP contribution in [0.5, 0.6) is 0 Å². The van der Waals surface area contributed by atoms with Gasteiger partial charge in [0.15, 0.2) is 0 Å². The van der Waals surface area contributed by atoms with E-state index in [1.165, 1.54) is 12.1 Å². The van der Waals surface area contributed by atoms with Gasteiger partial charge in [0.1, 0.15) is 0 Å². The average Bonchev–Trinajstić information content (AvgIpc) is 2.84. The Morgan fingerprint density at radius 1 is 1.52 bits per heavy atom. The predicted molar refractivity (Wildman–Crippen MR) is 78.2 cm³/mol. The molecule has 0 spiro atoms. The molecule has 0 bridgehead atoms. The molecule has 1 fully saturated rings. The maximum Gasteiger partial charge on any atom is 0.270 e. The van der Waals surface area contributed by atoms with Gasteiger partial charge >= 0.3 is 0 Å². The van der Waals surface area contributed by atoms with Crippen LogP contribution in [0.25, 0.3) is 0 Å². The van der Waals surface area contributed by atoms with Gasteiger partial charge in [0.2, 0.25) is 0 Å². The molecular formula is C15H20N2O4. The molecule has 2 unspecified atom stereocenters. The molecule has 1 heterocycles. The number of hydrogen-bond donors (Lipinski definition) is 1. The van der Waals surface area contributed by atoms with E-state index >= 15 is 0 Å². The highest BCUT2D eigenvalue weighted by molar-refractivity contribution is 5.95. The second-order valence-electron chi connectivity index (χ2n) is 5.69. The van der Waals surface area contributed by atoms with Gasteiger partial charge in [-0.05, 0) is 44.7 Å². The molecule has 0 aliphatic carbocycles. The lowest BCUT2D eigenvalue weighted by Gasteiger charge is -2.25. The molecule has 1 aromatic carbocycles. The van der Waals surface area contributed by atoms with E-state index in [9.17, 15) is 20.0 Å². The molecule has 2 atom stereocenters. The van der Waals surface area contributed by atoms with Crippen molar-refractivity contribution >= 4 is 11.6 Å². The first-order valence-electron chi connectivity index (χ1n) is 7.13. The third kappa shape index (κ3) is 3.58. The summed E-state index contributed by atoms with van der Waals surface area (Å²) in [6.07, 6.45) is 1.84. The van der Waals surface area contributed by atoms with Crippen LogP contribution in [0.4, 0.5) is 5.69 Å². The number of carbonyl (C=O) groups excluding carboxylic acids is 1. The third-order valence-corrected chi connectivity index (χ3v) is 3.77. The second-order valence-corrected chi connectivity index (χ2v) is 5.69. The molecule has 0 radical (unpaired) electrons. The Balaban J connectivity index is 2.25. The van der Waals surface area contributed by atoms with E-state index in [-0.39, 0.29) is 17.6 Å². The van der Waals surface area contributed by atoms with Crippen LogP contribution in [0, 0.1) is 17.0 Å². The van der Waals surface area contributed by atoms with Gasteiger partial charge in [-0.2, -0.15) is 0 Å². The van der Waals surface area contributed by atoms with Crippen molar-refractivity contribution in [2.45, 2.75) is 45.3 Å². The lowest BCUT2D eigenvalue weighted by atomic mass is 10.1. The van der Waals surface area contributed by atoms with Crippen LogP contribution in [-0.4, -0.2) is 39.5 Å². The summed E-state index contributed by atoms with van der Waals surface area (Å²) in [6, 6.07) is 4.46. The van der Waals surface area contributed by atoms with Crippen LogP contribution < -0.4 is 0 Å². The van der Waals surface area contributed by atoms with Crippen molar-refractivity contribution in [2.75, 3.05) is 6.54 Å². The van der Waals surface area contributed by atoms with Crippen molar-refractivity contribution in [1.82, 2.24) is 4.90 Å². The molecule has 1 aliphatic rings. The quantitative estimate of drug-likeness (QED) is 0.681. The summed E-state index contributed by atoms with van der Waals surface area (Å²) in [5, 5.41) is 20.4. The van der Waals surface area contributed by atoms with Gasteiger partial charge < -0.3 is 10.0 Å². The summed E-state index contributed by atoms with van der Waals surface area (Å²) in [7, 11) is 0. The van der Waals surface area contributed by atoms with E-state index in [4.69, 9.17) is 0 Å². The van der Waals surface area contributed by atoms with Gasteiger partial charge in [0.25, 0.3) is 11.6 Å². The number of nitrogens with zero attached hydrogens (tertiary/aromatic N) is 2. The first-order chi connectivity index (χ1) is 9.88. The van der Waals surface area contributed by atoms with E-state index in [0.29, 0.717) is 24.1 Å². The number of nitro groups is 1. The number of amides is 1. The van der Waals surface area contributed by atoms with Crippen LogP contribution in [0.2, 0.25) is 0 Å². The molecule has 0 aromatic heterocycles. The van der Waals surface area contributed by atoms with E-state index in [1.54, 1.807) is 24.8 Å². The van der Waals surface area contributed by atoms with Crippen molar-refractivity contribution in [3.05, 3.63) is 39.4 Å². The molecule has 114 valence electrons. The number of rotatable bonds is 4. The minimum absolute atomic E-state index is 0.0112. The molecule has 1 saturated heterocycles. The Morgan fingerprint density at radius 3 is 2.86 bits per heavy atom. The summed E-state index contributed by atoms with van der Waals surface area (Å²) in [6.45, 7) is 4.08. The fourth-order valence-electron chi connectivity index (χ4n) is 2.90. The number of nitro benzene ring substituents is 1. The van der Waals surface area contributed by atoms with Gasteiger partial charge in [-0.15, -0.1) is 0 Å². The lowest BCUT2D eigenvalue weighted by molar-refractivity contribution is -0.384. The van der Waals surface area contributed by atoms with Crippen molar-refractivity contribution in [3.8, 4) is 0 Å². The highest BCUT2D eigenvalue weighted by Gasteiger charge is 2.30. The van der Waals surface area contributed by atoms with E-state index in [2.05, 4.69) is 0 Å². The first-order valence-corrected chi connectivity index (χ1v) is 7.13. The summed E-state index contributed by atoms with van der Waals surface area (Å²) >= 11 is 0. The van der Waals surface area contributed by atoms with Gasteiger partial charge in [-0.1, -0.05) is 0 Å². The van der Waals surface area contributed by atoms with Gasteiger partial charge in [0.05, 0.1) is 11.0 Å². The average molecular weight is 292 g/mol. The number of likely N-dealkylation sites (tertiary alicyclic amines) is 1. The van der Waals surface area contributed by atoms with E-state index in [0.717, 1.165) is 12.8 Å². The highest BCUT2D eigenvalue weighted by Crippen LogP contribution is 2.25. The molecule has 1 N–H and O–H groups in total. The number of aliphatic hydroxyl groups excluding tert-OH is 1. The smallest absolute Gasteiger partial charge is 0.270 e. The van der Waals surface area contributed by atoms with E-state index < -0.39 is 11.0 Å². The number of aliphatic hydroxyl groups is 1. The predicted octanol–water partition coefficient (Wildman–Crippen LogP) is 2.28. The van der Waals surface area contributed by atoms with Crippen LogP contribution in [0.15, 0.2) is 18.2 Å². The molecule has 2 rings (SSSR count). The first kappa shape index (κ1) is 15.4. The van der Waals surface area contributed by atoms with Crippen molar-refractivity contribution in [1.29, 1.82) is 0 Å². The molecule has 0 saturated carbocycles. The van der Waals surface area contributed by atoms with Gasteiger partial charge in [0, 0.05) is 30.3 Å². The standard InChI is InChI=1S/C15H20N2O4/c1-10-6-12(9-14(7-10)17(20)21)15(19)16-5-3-4-13(16)8-11(2)18/h6-7,9,11,13,18H,3-5,8H2,1-2H3. The Bertz CT molecular complexity index is 557. The fourth-order valence-corrected chi connectivity index (χ4v) is 2.90. The number of aryl methyl sites for hydroxylation is 1. The Hall–Kier alpha value is -1.95. The number of benzene rings is 1. The Labute approximate surface area is 123 Å². The topological polar surface area (TPSA) is 83.7 Å². The van der Waals surface area contributed by atoms with Crippen LogP contribution in [0.3, 0.4) is 0 Å². The lowest BCUT2D eigenvalue weighted by Crippen LogP contribution is -2.37. The van der Waals surface area contributed by atoms with Crippen molar-refractivity contribution in [2.24, 2.45) is 0 Å². The second kappa shape index (κ2) is 6.22. The maximum absolute atomic E-state index is 12.6. The molecular weight excluding hydrogens is 272 g/mol. The number of non-ortho nitro benzene ring substituents is 1. The fraction of sp³-hybridized carbons (Fsp3) is 0.533. The Morgan fingerprint density at radius 2 is 2.24 bits per heavy atom. The largest absolute Gasteiger partial charge is 0.393 e. The molecule has 1 aliphatic heterocycles. The normalized spacial score (nSPS) is 19.6. The zero-order valence-corrected chi connectivity index (χ0v) is 12.3. The van der Waals surface area contributed by atoms with Crippen molar-refractivity contribution < 1.29 is 14.8 Å². The van der Waals surface area contributed by atoms with Crippen LogP contribution in [-0.2, 0) is 0 Å². The SMILES string of the molecule is Cc1cc(C(=O)N2CCCC2CC(C)O)cc([N+](=O)[O-])c1. The summed E-state index contributed by atoms with van der Waals surface area (Å²) in [5.74, 6) is -0.190. The van der Waals surface area contributed by atoms with Crippen LogP contribution >= 0.6 is 0 Å². The third-order valence-electron chi connectivity index (χ3n) is 3.77. The summed E-state index contributed by atoms with van der Waals surface area (Å²) in [5.41, 5.74) is 0.975. The van der Waals surface area contributed by atoms with Gasteiger partial charge in [-0.25, -0.2) is 0 Å². The van der Waals surface area contributed by atoms with E-state index in [1.807, 2.05) is 0 Å². The highest BCUT2D eigenvalue weighted by atomic mass is 16.6. The van der Waals surface area contributed by atoms with Crippen LogP contribution in [0.1, 0.15) is 42.1 Å². The Kier molecular flexibility index (Phi) is 4.57. The summed E-state index contributed by atoms with van der Waals surface area (Å²) in [4.78, 5) is 24.7. The van der Waals surface area contributed by atoms with Crippen molar-refractivity contribution in [3.63, 3.8) is 0 Å². The zero-order valence-electron chi connectivity index (χ0n) is 12.3. The molecule has 1 amide bonds. The minimum Gasteiger partial charge on any atom is -0.393 e. The molecule has 6 heteroatoms. The molecule has 21 heavy (non-hydrogen) atoms. The zero-order chi connectivity index (χ0) is 15.6. The number of hydrogen-bond acceptors (Lipinski definition) is 4. The molecule has 6 nitrogen and oxygen atoms in total. The molecule has 1 aromatic rings.